The molecule has 1 aliphatic carbocycles. The first-order valence-corrected chi connectivity index (χ1v) is 5.90. The van der Waals surface area contributed by atoms with Crippen LogP contribution in [0.2, 0.25) is 0 Å². The number of hydrogen-bond acceptors (Lipinski definition) is 3. The van der Waals surface area contributed by atoms with Gasteiger partial charge in [0.05, 0.1) is 4.92 Å². The molecule has 0 heterocycles. The molecule has 1 saturated carbocycles. The van der Waals surface area contributed by atoms with Crippen molar-refractivity contribution in [3.05, 3.63) is 39.9 Å². The lowest BCUT2D eigenvalue weighted by atomic mass is 9.84. The normalized spacial score (nSPS) is 20.2. The van der Waals surface area contributed by atoms with Crippen LogP contribution >= 0.6 is 0 Å². The topological polar surface area (TPSA) is 60.2 Å². The van der Waals surface area contributed by atoms with Crippen molar-refractivity contribution in [3.8, 4) is 0 Å². The molecule has 0 saturated heterocycles. The molecular formula is C13H15NO3. The minimum atomic E-state index is -0.395. The molecule has 1 atom stereocenters. The molecule has 1 aromatic rings. The van der Waals surface area contributed by atoms with E-state index in [1.807, 2.05) is 0 Å². The number of ketones is 1. The van der Waals surface area contributed by atoms with Crippen LogP contribution in [0.1, 0.15) is 31.2 Å². The number of Topliss-reactive ketones (excluding diaryl/α,β-unsaturated/α-hetero) is 1. The molecule has 17 heavy (non-hydrogen) atoms. The van der Waals surface area contributed by atoms with Crippen LogP contribution in [0, 0.1) is 16.0 Å². The van der Waals surface area contributed by atoms with E-state index in [9.17, 15) is 14.9 Å². The van der Waals surface area contributed by atoms with Crippen molar-refractivity contribution in [1.82, 2.24) is 0 Å². The number of carbonyl (C=O) groups excluding carboxylic acids is 1. The Bertz CT molecular complexity index is 425. The van der Waals surface area contributed by atoms with Crippen LogP contribution in [0.5, 0.6) is 0 Å². The van der Waals surface area contributed by atoms with Gasteiger partial charge in [-0.05, 0) is 30.7 Å². The molecule has 1 aliphatic rings. The SMILES string of the molecule is O=C1CCCC(Cc2ccc([N+](=O)[O-])cc2)C1. The van der Waals surface area contributed by atoms with Gasteiger partial charge in [-0.1, -0.05) is 12.1 Å². The molecule has 0 amide bonds. The third kappa shape index (κ3) is 3.12. The maximum atomic E-state index is 11.3. The fourth-order valence-electron chi connectivity index (χ4n) is 2.38. The van der Waals surface area contributed by atoms with Gasteiger partial charge in [0, 0.05) is 25.0 Å². The molecule has 1 fully saturated rings. The molecule has 4 heteroatoms. The lowest BCUT2D eigenvalue weighted by molar-refractivity contribution is -0.384. The first-order chi connectivity index (χ1) is 8.15. The Balaban J connectivity index is 1.98. The summed E-state index contributed by atoms with van der Waals surface area (Å²) in [7, 11) is 0. The van der Waals surface area contributed by atoms with E-state index in [0.29, 0.717) is 18.1 Å². The number of nitrogens with zero attached hydrogens (tertiary/aromatic N) is 1. The second-order valence-corrected chi connectivity index (χ2v) is 4.63. The fourth-order valence-corrected chi connectivity index (χ4v) is 2.38. The van der Waals surface area contributed by atoms with Gasteiger partial charge in [0.15, 0.2) is 0 Å². The molecule has 0 spiro atoms. The highest BCUT2D eigenvalue weighted by Gasteiger charge is 2.19. The predicted octanol–water partition coefficient (Wildman–Crippen LogP) is 2.90. The quantitative estimate of drug-likeness (QED) is 0.595. The standard InChI is InChI=1S/C13H15NO3/c15-13-3-1-2-11(9-13)8-10-4-6-12(7-5-10)14(16)17/h4-7,11H,1-3,8-9H2. The zero-order valence-corrected chi connectivity index (χ0v) is 9.59. The van der Waals surface area contributed by atoms with Crippen LogP contribution in [0.3, 0.4) is 0 Å². The molecule has 0 aromatic heterocycles. The molecule has 0 radical (unpaired) electrons. The summed E-state index contributed by atoms with van der Waals surface area (Å²) in [6.07, 6.45) is 4.30. The van der Waals surface area contributed by atoms with Crippen LogP contribution in [0.25, 0.3) is 0 Å². The lowest BCUT2D eigenvalue weighted by Gasteiger charge is -2.20. The summed E-state index contributed by atoms with van der Waals surface area (Å²) in [6, 6.07) is 6.63. The Labute approximate surface area is 99.8 Å². The van der Waals surface area contributed by atoms with E-state index in [1.54, 1.807) is 12.1 Å². The molecule has 0 aliphatic heterocycles. The first kappa shape index (κ1) is 11.8. The number of nitro groups is 1. The van der Waals surface area contributed by atoms with E-state index >= 15 is 0 Å². The van der Waals surface area contributed by atoms with Crippen LogP contribution in [-0.4, -0.2) is 10.7 Å². The summed E-state index contributed by atoms with van der Waals surface area (Å²) in [4.78, 5) is 21.4. The lowest BCUT2D eigenvalue weighted by Crippen LogP contribution is -2.16. The summed E-state index contributed by atoms with van der Waals surface area (Å²) in [6.45, 7) is 0. The van der Waals surface area contributed by atoms with Gasteiger partial charge in [-0.15, -0.1) is 0 Å². The van der Waals surface area contributed by atoms with Crippen molar-refractivity contribution < 1.29 is 9.72 Å². The van der Waals surface area contributed by atoms with E-state index in [0.717, 1.165) is 31.2 Å². The zero-order chi connectivity index (χ0) is 12.3. The van der Waals surface area contributed by atoms with Crippen molar-refractivity contribution in [3.63, 3.8) is 0 Å². The Morgan fingerprint density at radius 2 is 2.00 bits per heavy atom. The maximum Gasteiger partial charge on any atom is 0.269 e. The van der Waals surface area contributed by atoms with Crippen LogP contribution in [-0.2, 0) is 11.2 Å². The summed E-state index contributed by atoms with van der Waals surface area (Å²) in [5.74, 6) is 0.765. The zero-order valence-electron chi connectivity index (χ0n) is 9.59. The second kappa shape index (κ2) is 5.08. The van der Waals surface area contributed by atoms with E-state index in [-0.39, 0.29) is 5.69 Å². The van der Waals surface area contributed by atoms with Crippen molar-refractivity contribution >= 4 is 11.5 Å². The summed E-state index contributed by atoms with van der Waals surface area (Å²) >= 11 is 0. The number of benzene rings is 1. The predicted molar refractivity (Wildman–Crippen MR) is 63.8 cm³/mol. The Kier molecular flexibility index (Phi) is 3.52. The van der Waals surface area contributed by atoms with Gasteiger partial charge in [-0.2, -0.15) is 0 Å². The Morgan fingerprint density at radius 3 is 2.59 bits per heavy atom. The molecule has 90 valence electrons. The van der Waals surface area contributed by atoms with Gasteiger partial charge < -0.3 is 0 Å². The number of hydrogen-bond donors (Lipinski definition) is 0. The third-order valence-corrected chi connectivity index (χ3v) is 3.26. The van der Waals surface area contributed by atoms with E-state index in [4.69, 9.17) is 0 Å². The van der Waals surface area contributed by atoms with Crippen LogP contribution in [0.4, 0.5) is 5.69 Å². The summed E-state index contributed by atoms with van der Waals surface area (Å²) in [5.41, 5.74) is 1.20. The summed E-state index contributed by atoms with van der Waals surface area (Å²) < 4.78 is 0. The minimum absolute atomic E-state index is 0.119. The molecule has 0 N–H and O–H groups in total. The van der Waals surface area contributed by atoms with E-state index < -0.39 is 4.92 Å². The molecular weight excluding hydrogens is 218 g/mol. The molecule has 0 bridgehead atoms. The average molecular weight is 233 g/mol. The largest absolute Gasteiger partial charge is 0.300 e. The first-order valence-electron chi connectivity index (χ1n) is 5.90. The fraction of sp³-hybridized carbons (Fsp3) is 0.462. The van der Waals surface area contributed by atoms with E-state index in [2.05, 4.69) is 0 Å². The van der Waals surface area contributed by atoms with Crippen LogP contribution < -0.4 is 0 Å². The van der Waals surface area contributed by atoms with Gasteiger partial charge in [-0.3, -0.25) is 14.9 Å². The highest BCUT2D eigenvalue weighted by atomic mass is 16.6. The van der Waals surface area contributed by atoms with Crippen molar-refractivity contribution in [2.75, 3.05) is 0 Å². The minimum Gasteiger partial charge on any atom is -0.300 e. The van der Waals surface area contributed by atoms with Gasteiger partial charge in [-0.25, -0.2) is 0 Å². The van der Waals surface area contributed by atoms with Gasteiger partial charge in [0.2, 0.25) is 0 Å². The molecule has 1 unspecified atom stereocenters. The summed E-state index contributed by atoms with van der Waals surface area (Å²) in [5, 5.41) is 10.5. The Morgan fingerprint density at radius 1 is 1.29 bits per heavy atom. The average Bonchev–Trinajstić information content (AvgIpc) is 2.29. The number of nitro benzene ring substituents is 1. The maximum absolute atomic E-state index is 11.3. The number of rotatable bonds is 3. The smallest absolute Gasteiger partial charge is 0.269 e. The van der Waals surface area contributed by atoms with Crippen molar-refractivity contribution in [2.45, 2.75) is 32.1 Å². The van der Waals surface area contributed by atoms with Gasteiger partial charge in [0.25, 0.3) is 5.69 Å². The van der Waals surface area contributed by atoms with Gasteiger partial charge in [0.1, 0.15) is 5.78 Å². The van der Waals surface area contributed by atoms with Crippen molar-refractivity contribution in [1.29, 1.82) is 0 Å². The Hall–Kier alpha value is -1.71. The molecule has 2 rings (SSSR count). The van der Waals surface area contributed by atoms with Crippen molar-refractivity contribution in [2.24, 2.45) is 5.92 Å². The third-order valence-electron chi connectivity index (χ3n) is 3.26. The molecule has 1 aromatic carbocycles. The highest BCUT2D eigenvalue weighted by Crippen LogP contribution is 2.25. The molecule has 4 nitrogen and oxygen atoms in total. The monoisotopic (exact) mass is 233 g/mol. The van der Waals surface area contributed by atoms with Crippen LogP contribution in [0.15, 0.2) is 24.3 Å². The highest BCUT2D eigenvalue weighted by molar-refractivity contribution is 5.79. The van der Waals surface area contributed by atoms with Gasteiger partial charge >= 0.3 is 0 Å². The number of non-ortho nitro benzene ring substituents is 1. The second-order valence-electron chi connectivity index (χ2n) is 4.63. The van der Waals surface area contributed by atoms with E-state index in [1.165, 1.54) is 12.1 Å². The number of carbonyl (C=O) groups is 1.